The van der Waals surface area contributed by atoms with E-state index in [1.54, 1.807) is 6.07 Å². The van der Waals surface area contributed by atoms with Crippen LogP contribution in [-0.2, 0) is 9.84 Å². The maximum absolute atomic E-state index is 10.9. The van der Waals surface area contributed by atoms with Crippen LogP contribution in [-0.4, -0.2) is 30.5 Å². The monoisotopic (exact) mass is 243 g/mol. The van der Waals surface area contributed by atoms with Crippen molar-refractivity contribution in [1.82, 2.24) is 4.98 Å². The molecule has 1 atom stereocenters. The molecule has 1 aromatic rings. The minimum atomic E-state index is -2.94. The third-order valence-electron chi connectivity index (χ3n) is 2.24. The van der Waals surface area contributed by atoms with Gasteiger partial charge in [0.05, 0.1) is 11.8 Å². The minimum Gasteiger partial charge on any atom is -0.387 e. The SMILES string of the molecule is Cc1cccc(C(O)CCCS(C)(=O)=O)n1. The molecule has 1 heterocycles. The van der Waals surface area contributed by atoms with Crippen molar-refractivity contribution in [1.29, 1.82) is 0 Å². The van der Waals surface area contributed by atoms with Crippen molar-refractivity contribution < 1.29 is 13.5 Å². The van der Waals surface area contributed by atoms with Gasteiger partial charge in [-0.1, -0.05) is 6.07 Å². The molecule has 0 bridgehead atoms. The van der Waals surface area contributed by atoms with Gasteiger partial charge in [0.25, 0.3) is 0 Å². The zero-order chi connectivity index (χ0) is 12.2. The van der Waals surface area contributed by atoms with Gasteiger partial charge in [0, 0.05) is 17.7 Å². The van der Waals surface area contributed by atoms with Crippen LogP contribution in [0.15, 0.2) is 18.2 Å². The molecule has 1 aromatic heterocycles. The van der Waals surface area contributed by atoms with E-state index < -0.39 is 15.9 Å². The van der Waals surface area contributed by atoms with Crippen LogP contribution < -0.4 is 0 Å². The van der Waals surface area contributed by atoms with Crippen LogP contribution in [0.3, 0.4) is 0 Å². The zero-order valence-electron chi connectivity index (χ0n) is 9.55. The van der Waals surface area contributed by atoms with E-state index in [1.165, 1.54) is 6.26 Å². The molecule has 0 aliphatic rings. The molecule has 0 aliphatic heterocycles. The fraction of sp³-hybridized carbons (Fsp3) is 0.545. The summed E-state index contributed by atoms with van der Waals surface area (Å²) in [7, 11) is -2.94. The van der Waals surface area contributed by atoms with Crippen LogP contribution >= 0.6 is 0 Å². The molecular formula is C11H17NO3S. The van der Waals surface area contributed by atoms with Gasteiger partial charge >= 0.3 is 0 Å². The van der Waals surface area contributed by atoms with E-state index >= 15 is 0 Å². The molecule has 0 amide bonds. The van der Waals surface area contributed by atoms with Crippen LogP contribution in [0, 0.1) is 6.92 Å². The van der Waals surface area contributed by atoms with Gasteiger partial charge in [-0.2, -0.15) is 0 Å². The molecule has 0 aromatic carbocycles. The van der Waals surface area contributed by atoms with Crippen LogP contribution in [0.4, 0.5) is 0 Å². The quantitative estimate of drug-likeness (QED) is 0.845. The smallest absolute Gasteiger partial charge is 0.147 e. The number of nitrogens with zero attached hydrogens (tertiary/aromatic N) is 1. The molecule has 0 aliphatic carbocycles. The third kappa shape index (κ3) is 4.72. The summed E-state index contributed by atoms with van der Waals surface area (Å²) >= 11 is 0. The Balaban J connectivity index is 2.50. The van der Waals surface area contributed by atoms with E-state index in [2.05, 4.69) is 4.98 Å². The maximum atomic E-state index is 10.9. The van der Waals surface area contributed by atoms with Gasteiger partial charge in [-0.3, -0.25) is 4.98 Å². The fourth-order valence-electron chi connectivity index (χ4n) is 1.44. The average Bonchev–Trinajstić information content (AvgIpc) is 2.15. The third-order valence-corrected chi connectivity index (χ3v) is 3.27. The summed E-state index contributed by atoms with van der Waals surface area (Å²) in [4.78, 5) is 4.19. The number of aliphatic hydroxyl groups is 1. The maximum Gasteiger partial charge on any atom is 0.147 e. The average molecular weight is 243 g/mol. The number of rotatable bonds is 5. The van der Waals surface area contributed by atoms with Crippen LogP contribution in [0.1, 0.15) is 30.3 Å². The summed E-state index contributed by atoms with van der Waals surface area (Å²) in [5.41, 5.74) is 1.45. The topological polar surface area (TPSA) is 67.3 Å². The Kier molecular flexibility index (Phi) is 4.44. The lowest BCUT2D eigenvalue weighted by atomic mass is 10.1. The second kappa shape index (κ2) is 5.41. The van der Waals surface area contributed by atoms with E-state index in [4.69, 9.17) is 0 Å². The van der Waals surface area contributed by atoms with E-state index in [0.717, 1.165) is 5.69 Å². The van der Waals surface area contributed by atoms with Gasteiger partial charge in [0.2, 0.25) is 0 Å². The van der Waals surface area contributed by atoms with E-state index in [-0.39, 0.29) is 5.75 Å². The first-order valence-corrected chi connectivity index (χ1v) is 7.24. The lowest BCUT2D eigenvalue weighted by Crippen LogP contribution is -2.07. The van der Waals surface area contributed by atoms with Crippen molar-refractivity contribution in [2.75, 3.05) is 12.0 Å². The van der Waals surface area contributed by atoms with Crippen molar-refractivity contribution in [2.24, 2.45) is 0 Å². The van der Waals surface area contributed by atoms with Crippen molar-refractivity contribution >= 4 is 9.84 Å². The summed E-state index contributed by atoms with van der Waals surface area (Å²) in [6, 6.07) is 5.43. The Morgan fingerprint density at radius 1 is 1.44 bits per heavy atom. The Hall–Kier alpha value is -0.940. The highest BCUT2D eigenvalue weighted by atomic mass is 32.2. The van der Waals surface area contributed by atoms with E-state index in [1.807, 2.05) is 19.1 Å². The zero-order valence-corrected chi connectivity index (χ0v) is 10.4. The van der Waals surface area contributed by atoms with Crippen LogP contribution in [0.25, 0.3) is 0 Å². The minimum absolute atomic E-state index is 0.107. The second-order valence-electron chi connectivity index (χ2n) is 3.99. The first-order chi connectivity index (χ1) is 7.38. The van der Waals surface area contributed by atoms with Crippen LogP contribution in [0.2, 0.25) is 0 Å². The second-order valence-corrected chi connectivity index (χ2v) is 6.25. The summed E-state index contributed by atoms with van der Waals surface area (Å²) in [5, 5.41) is 9.78. The lowest BCUT2D eigenvalue weighted by Gasteiger charge is -2.09. The molecule has 5 heteroatoms. The normalized spacial score (nSPS) is 13.7. The predicted octanol–water partition coefficient (Wildman–Crippen LogP) is 1.25. The number of aliphatic hydroxyl groups excluding tert-OH is 1. The highest BCUT2D eigenvalue weighted by Crippen LogP contribution is 2.16. The standard InChI is InChI=1S/C11H17NO3S/c1-9-5-3-6-10(12-9)11(13)7-4-8-16(2,14)15/h3,5-6,11,13H,4,7-8H2,1-2H3. The van der Waals surface area contributed by atoms with Gasteiger partial charge < -0.3 is 5.11 Å². The number of hydrogen-bond donors (Lipinski definition) is 1. The van der Waals surface area contributed by atoms with Crippen molar-refractivity contribution in [3.8, 4) is 0 Å². The Labute approximate surface area is 96.3 Å². The largest absolute Gasteiger partial charge is 0.387 e. The lowest BCUT2D eigenvalue weighted by molar-refractivity contribution is 0.162. The Bertz CT molecular complexity index is 442. The molecule has 0 fully saturated rings. The molecule has 0 saturated carbocycles. The van der Waals surface area contributed by atoms with Crippen molar-refractivity contribution in [3.05, 3.63) is 29.6 Å². The summed E-state index contributed by atoms with van der Waals surface area (Å²) in [5.74, 6) is 0.107. The summed E-state index contributed by atoms with van der Waals surface area (Å²) < 4.78 is 21.8. The molecule has 1 unspecified atom stereocenters. The molecule has 1 N–H and O–H groups in total. The van der Waals surface area contributed by atoms with Gasteiger partial charge in [0.15, 0.2) is 0 Å². The molecule has 0 spiro atoms. The van der Waals surface area contributed by atoms with Crippen molar-refractivity contribution in [3.63, 3.8) is 0 Å². The highest BCUT2D eigenvalue weighted by Gasteiger charge is 2.10. The van der Waals surface area contributed by atoms with E-state index in [9.17, 15) is 13.5 Å². The summed E-state index contributed by atoms with van der Waals surface area (Å²) in [6.45, 7) is 1.85. The molecule has 1 rings (SSSR count). The van der Waals surface area contributed by atoms with Gasteiger partial charge in [-0.15, -0.1) is 0 Å². The number of hydrogen-bond acceptors (Lipinski definition) is 4. The molecule has 0 saturated heterocycles. The Morgan fingerprint density at radius 3 is 2.69 bits per heavy atom. The molecule has 90 valence electrons. The van der Waals surface area contributed by atoms with Gasteiger partial charge in [0.1, 0.15) is 9.84 Å². The number of sulfone groups is 1. The first-order valence-electron chi connectivity index (χ1n) is 5.18. The molecular weight excluding hydrogens is 226 g/mol. The predicted molar refractivity (Wildman–Crippen MR) is 62.9 cm³/mol. The number of aromatic nitrogens is 1. The van der Waals surface area contributed by atoms with E-state index in [0.29, 0.717) is 18.5 Å². The van der Waals surface area contributed by atoms with Gasteiger partial charge in [-0.25, -0.2) is 8.42 Å². The van der Waals surface area contributed by atoms with Crippen LogP contribution in [0.5, 0.6) is 0 Å². The first kappa shape index (κ1) is 13.1. The Morgan fingerprint density at radius 2 is 2.12 bits per heavy atom. The van der Waals surface area contributed by atoms with Crippen molar-refractivity contribution in [2.45, 2.75) is 25.9 Å². The molecule has 0 radical (unpaired) electrons. The number of aryl methyl sites for hydroxylation is 1. The van der Waals surface area contributed by atoms with Gasteiger partial charge in [-0.05, 0) is 31.9 Å². The summed E-state index contributed by atoms with van der Waals surface area (Å²) in [6.07, 6.45) is 1.39. The number of pyridine rings is 1. The highest BCUT2D eigenvalue weighted by molar-refractivity contribution is 7.90. The fourth-order valence-corrected chi connectivity index (χ4v) is 2.13. The molecule has 4 nitrogen and oxygen atoms in total. The molecule has 16 heavy (non-hydrogen) atoms.